The number of carbonyl (C=O) groups excluding carboxylic acids is 1. The molecule has 1 amide bonds. The van der Waals surface area contributed by atoms with Crippen LogP contribution in [0.25, 0.3) is 0 Å². The molecule has 4 nitrogen and oxygen atoms in total. The number of halogens is 3. The van der Waals surface area contributed by atoms with Crippen molar-refractivity contribution in [2.24, 2.45) is 0 Å². The molecule has 7 heteroatoms. The normalized spacial score (nSPS) is 19.0. The number of benzene rings is 1. The van der Waals surface area contributed by atoms with E-state index in [-0.39, 0.29) is 24.4 Å². The highest BCUT2D eigenvalue weighted by Gasteiger charge is 2.32. The molecule has 1 saturated carbocycles. The third kappa shape index (κ3) is 7.14. The maximum absolute atomic E-state index is 12.7. The Bertz CT molecular complexity index is 642. The van der Waals surface area contributed by atoms with Gasteiger partial charge in [0.25, 0.3) is 0 Å². The summed E-state index contributed by atoms with van der Waals surface area (Å²) in [7, 11) is 4.05. The van der Waals surface area contributed by atoms with E-state index in [2.05, 4.69) is 18.5 Å². The second kappa shape index (κ2) is 12.6. The van der Waals surface area contributed by atoms with Crippen molar-refractivity contribution in [1.29, 1.82) is 0 Å². The summed E-state index contributed by atoms with van der Waals surface area (Å²) >= 11 is 12.0. The molecule has 0 bridgehead atoms. The number of ether oxygens (including phenoxy) is 1. The van der Waals surface area contributed by atoms with Crippen molar-refractivity contribution in [3.8, 4) is 5.75 Å². The Morgan fingerprint density at radius 3 is 2.57 bits per heavy atom. The molecule has 0 N–H and O–H groups in total. The molecule has 28 heavy (non-hydrogen) atoms. The maximum atomic E-state index is 12.7. The molecule has 2 atom stereocenters. The number of amides is 1. The molecule has 0 radical (unpaired) electrons. The first-order valence-corrected chi connectivity index (χ1v) is 10.3. The molecule has 0 spiro atoms. The molecule has 158 valence electrons. The number of hydrogen-bond acceptors (Lipinski definition) is 3. The molecule has 2 rings (SSSR count). The van der Waals surface area contributed by atoms with Crippen molar-refractivity contribution in [3.05, 3.63) is 40.9 Å². The summed E-state index contributed by atoms with van der Waals surface area (Å²) in [6.07, 6.45) is 7.64. The van der Waals surface area contributed by atoms with Crippen LogP contribution in [0.2, 0.25) is 10.0 Å². The highest BCUT2D eigenvalue weighted by atomic mass is 35.5. The van der Waals surface area contributed by atoms with Crippen molar-refractivity contribution in [2.45, 2.75) is 50.6 Å². The number of nitrogens with zero attached hydrogens (tertiary/aromatic N) is 2. The van der Waals surface area contributed by atoms with Crippen molar-refractivity contribution < 1.29 is 9.53 Å². The molecule has 2 unspecified atom stereocenters. The summed E-state index contributed by atoms with van der Waals surface area (Å²) in [6, 6.07) is 5.81. The topological polar surface area (TPSA) is 32.8 Å². The molecule has 0 saturated heterocycles. The van der Waals surface area contributed by atoms with Gasteiger partial charge in [-0.05, 0) is 44.5 Å². The molecule has 0 aliphatic heterocycles. The van der Waals surface area contributed by atoms with Gasteiger partial charge in [-0.3, -0.25) is 9.69 Å². The monoisotopic (exact) mass is 448 g/mol. The van der Waals surface area contributed by atoms with Crippen LogP contribution in [0, 0.1) is 0 Å². The lowest BCUT2D eigenvalue weighted by Gasteiger charge is -2.42. The van der Waals surface area contributed by atoms with Gasteiger partial charge in [-0.15, -0.1) is 19.0 Å². The quantitative estimate of drug-likeness (QED) is 0.370. The van der Waals surface area contributed by atoms with Crippen LogP contribution in [0.1, 0.15) is 38.5 Å². The first-order chi connectivity index (χ1) is 12.9. The fourth-order valence-corrected chi connectivity index (χ4v) is 4.22. The van der Waals surface area contributed by atoms with Crippen LogP contribution in [-0.2, 0) is 4.79 Å². The van der Waals surface area contributed by atoms with E-state index >= 15 is 0 Å². The molecule has 1 aromatic carbocycles. The number of rotatable bonds is 9. The molecular formula is C21H31Cl3N2O2. The molecule has 1 aliphatic carbocycles. The Balaban J connectivity index is 0.00000392. The van der Waals surface area contributed by atoms with Gasteiger partial charge in [0.15, 0.2) is 0 Å². The minimum Gasteiger partial charge on any atom is -0.492 e. The fourth-order valence-electron chi connectivity index (χ4n) is 3.76. The summed E-state index contributed by atoms with van der Waals surface area (Å²) in [5.41, 5.74) is 0. The molecule has 0 heterocycles. The largest absolute Gasteiger partial charge is 0.492 e. The number of hydrogen-bond donors (Lipinski definition) is 0. The predicted octanol–water partition coefficient (Wildman–Crippen LogP) is 5.46. The standard InChI is InChI=1S/C21H30Cl2N2O2.ClH/c1-4-13-24(2)18-8-5-6-9-19(18)25(3)21(26)10-7-14-27-20-12-11-16(22)15-17(20)23;/h4,11-12,15,18-19H,1,5-10,13-14H2,2-3H3;1H. The van der Waals surface area contributed by atoms with Crippen LogP contribution in [0.5, 0.6) is 5.75 Å². The molecular weight excluding hydrogens is 419 g/mol. The number of likely N-dealkylation sites (N-methyl/N-ethyl adjacent to an activating group) is 2. The van der Waals surface area contributed by atoms with Gasteiger partial charge in [0.2, 0.25) is 5.91 Å². The van der Waals surface area contributed by atoms with Crippen molar-refractivity contribution in [3.63, 3.8) is 0 Å². The third-order valence-electron chi connectivity index (χ3n) is 5.25. The minimum atomic E-state index is 0. The van der Waals surface area contributed by atoms with Gasteiger partial charge in [-0.2, -0.15) is 0 Å². The van der Waals surface area contributed by atoms with Gasteiger partial charge < -0.3 is 9.64 Å². The molecule has 1 fully saturated rings. The van der Waals surface area contributed by atoms with Crippen LogP contribution >= 0.6 is 35.6 Å². The molecule has 0 aromatic heterocycles. The van der Waals surface area contributed by atoms with Crippen LogP contribution in [-0.4, -0.2) is 55.0 Å². The third-order valence-corrected chi connectivity index (χ3v) is 5.78. The zero-order valence-corrected chi connectivity index (χ0v) is 19.0. The van der Waals surface area contributed by atoms with Crippen molar-refractivity contribution in [2.75, 3.05) is 27.2 Å². The first-order valence-electron chi connectivity index (χ1n) is 9.58. The second-order valence-electron chi connectivity index (χ2n) is 7.18. The lowest BCUT2D eigenvalue weighted by atomic mass is 9.88. The van der Waals surface area contributed by atoms with E-state index in [9.17, 15) is 4.79 Å². The lowest BCUT2D eigenvalue weighted by molar-refractivity contribution is -0.134. The number of carbonyl (C=O) groups is 1. The Morgan fingerprint density at radius 1 is 1.25 bits per heavy atom. The van der Waals surface area contributed by atoms with Crippen LogP contribution in [0.15, 0.2) is 30.9 Å². The van der Waals surface area contributed by atoms with Gasteiger partial charge in [-0.25, -0.2) is 0 Å². The van der Waals surface area contributed by atoms with E-state index in [0.717, 1.165) is 19.4 Å². The van der Waals surface area contributed by atoms with Gasteiger partial charge in [0.05, 0.1) is 11.6 Å². The van der Waals surface area contributed by atoms with Crippen LogP contribution < -0.4 is 4.74 Å². The summed E-state index contributed by atoms with van der Waals surface area (Å²) < 4.78 is 5.68. The van der Waals surface area contributed by atoms with Crippen molar-refractivity contribution in [1.82, 2.24) is 9.80 Å². The highest BCUT2D eigenvalue weighted by Crippen LogP contribution is 2.28. The lowest BCUT2D eigenvalue weighted by Crippen LogP contribution is -2.52. The smallest absolute Gasteiger partial charge is 0.222 e. The van der Waals surface area contributed by atoms with Gasteiger partial charge in [0, 0.05) is 37.1 Å². The zero-order valence-electron chi connectivity index (χ0n) is 16.7. The average molecular weight is 450 g/mol. The summed E-state index contributed by atoms with van der Waals surface area (Å²) in [5, 5.41) is 1.06. The Hall–Kier alpha value is -0.940. The average Bonchev–Trinajstić information content (AvgIpc) is 2.66. The van der Waals surface area contributed by atoms with Crippen LogP contribution in [0.3, 0.4) is 0 Å². The fraction of sp³-hybridized carbons (Fsp3) is 0.571. The first kappa shape index (κ1) is 25.1. The van der Waals surface area contributed by atoms with Gasteiger partial charge in [-0.1, -0.05) is 42.1 Å². The highest BCUT2D eigenvalue weighted by molar-refractivity contribution is 6.35. The molecule has 1 aliphatic rings. The SMILES string of the molecule is C=CCN(C)C1CCCCC1N(C)C(=O)CCCOc1ccc(Cl)cc1Cl.Cl. The summed E-state index contributed by atoms with van der Waals surface area (Å²) in [5.74, 6) is 0.768. The van der Waals surface area contributed by atoms with E-state index < -0.39 is 0 Å². The van der Waals surface area contributed by atoms with E-state index in [1.165, 1.54) is 12.8 Å². The maximum Gasteiger partial charge on any atom is 0.222 e. The van der Waals surface area contributed by atoms with Crippen molar-refractivity contribution >= 4 is 41.5 Å². The van der Waals surface area contributed by atoms with E-state index in [0.29, 0.717) is 41.3 Å². The zero-order chi connectivity index (χ0) is 19.8. The summed E-state index contributed by atoms with van der Waals surface area (Å²) in [4.78, 5) is 16.9. The van der Waals surface area contributed by atoms with E-state index in [1.54, 1.807) is 18.2 Å². The van der Waals surface area contributed by atoms with E-state index in [4.69, 9.17) is 27.9 Å². The van der Waals surface area contributed by atoms with Gasteiger partial charge >= 0.3 is 0 Å². The van der Waals surface area contributed by atoms with E-state index in [1.807, 2.05) is 18.0 Å². The summed E-state index contributed by atoms with van der Waals surface area (Å²) in [6.45, 7) is 5.13. The van der Waals surface area contributed by atoms with Crippen LogP contribution in [0.4, 0.5) is 0 Å². The predicted molar refractivity (Wildman–Crippen MR) is 120 cm³/mol. The Kier molecular flexibility index (Phi) is 11.3. The second-order valence-corrected chi connectivity index (χ2v) is 8.02. The minimum absolute atomic E-state index is 0. The molecule has 1 aromatic rings. The Labute approximate surface area is 185 Å². The van der Waals surface area contributed by atoms with Gasteiger partial charge in [0.1, 0.15) is 5.75 Å². The Morgan fingerprint density at radius 2 is 1.93 bits per heavy atom.